The number of aromatic nitrogens is 1. The fourth-order valence-corrected chi connectivity index (χ4v) is 10.8. The molecule has 0 saturated heterocycles. The molecule has 14 nitrogen and oxygen atoms in total. The third-order valence-electron chi connectivity index (χ3n) is 11.9. The summed E-state index contributed by atoms with van der Waals surface area (Å²) < 4.78 is 49.3. The monoisotopic (exact) mass is 1010 g/mol. The van der Waals surface area contributed by atoms with Crippen LogP contribution in [0.5, 0.6) is 17.2 Å². The minimum absolute atomic E-state index is 0.0825. The number of nitrogens with zero attached hydrogens (tertiary/aromatic N) is 3. The van der Waals surface area contributed by atoms with Crippen molar-refractivity contribution in [3.63, 3.8) is 0 Å². The number of rotatable bonds is 14. The molecule has 3 atom stereocenters. The molecule has 18 heteroatoms. The first-order valence-corrected chi connectivity index (χ1v) is 24.9. The molecule has 2 aliphatic heterocycles. The molecular formula is C52H41Cl2N5O9S2. The van der Waals surface area contributed by atoms with E-state index in [0.29, 0.717) is 65.9 Å². The van der Waals surface area contributed by atoms with Gasteiger partial charge >= 0.3 is 5.97 Å². The number of anilines is 1. The van der Waals surface area contributed by atoms with Crippen LogP contribution < -0.4 is 24.8 Å². The number of ether oxygens (including phenoxy) is 3. The van der Waals surface area contributed by atoms with Gasteiger partial charge < -0.3 is 30.0 Å². The van der Waals surface area contributed by atoms with Crippen molar-refractivity contribution in [3.05, 3.63) is 176 Å². The number of sulfonamides is 1. The Hall–Kier alpha value is -7.26. The van der Waals surface area contributed by atoms with Gasteiger partial charge in [0.15, 0.2) is 22.7 Å². The molecule has 0 saturated carbocycles. The molecule has 9 rings (SSSR count). The Morgan fingerprint density at radius 2 is 1.54 bits per heavy atom. The van der Waals surface area contributed by atoms with E-state index in [0.717, 1.165) is 26.6 Å². The predicted molar refractivity (Wildman–Crippen MR) is 264 cm³/mol. The Morgan fingerprint density at radius 1 is 0.871 bits per heavy atom. The molecule has 3 N–H and O–H groups in total. The van der Waals surface area contributed by atoms with Gasteiger partial charge in [0.25, 0.3) is 0 Å². The second-order valence-corrected chi connectivity index (χ2v) is 20.2. The smallest absolute Gasteiger partial charge is 0.326 e. The minimum atomic E-state index is -4.43. The molecule has 70 heavy (non-hydrogen) atoms. The van der Waals surface area contributed by atoms with Crippen molar-refractivity contribution in [1.82, 2.24) is 14.6 Å². The molecule has 0 spiro atoms. The lowest BCUT2D eigenvalue weighted by Gasteiger charge is -2.37. The number of amides is 2. The van der Waals surface area contributed by atoms with Crippen LogP contribution in [-0.4, -0.2) is 59.3 Å². The number of carbonyl (C=O) groups is 3. The van der Waals surface area contributed by atoms with Crippen LogP contribution in [0, 0.1) is 11.3 Å². The van der Waals surface area contributed by atoms with Crippen LogP contribution in [0.25, 0.3) is 22.4 Å². The van der Waals surface area contributed by atoms with E-state index in [9.17, 15) is 27.9 Å². The number of carboxylic acids is 1. The van der Waals surface area contributed by atoms with Gasteiger partial charge in [0.05, 0.1) is 32.3 Å². The van der Waals surface area contributed by atoms with Crippen molar-refractivity contribution < 1.29 is 42.1 Å². The highest BCUT2D eigenvalue weighted by Crippen LogP contribution is 2.42. The van der Waals surface area contributed by atoms with Gasteiger partial charge in [0, 0.05) is 30.8 Å². The predicted octanol–water partition coefficient (Wildman–Crippen LogP) is 9.63. The van der Waals surface area contributed by atoms with Crippen molar-refractivity contribution in [2.45, 2.75) is 56.0 Å². The average molecular weight is 1010 g/mol. The Bertz CT molecular complexity index is 3270. The van der Waals surface area contributed by atoms with Crippen molar-refractivity contribution in [1.29, 1.82) is 5.26 Å². The fraction of sp³-hybridized carbons (Fsp3) is 0.173. The average Bonchev–Trinajstić information content (AvgIpc) is 3.83. The zero-order valence-electron chi connectivity index (χ0n) is 37.1. The van der Waals surface area contributed by atoms with Gasteiger partial charge in [-0.05, 0) is 106 Å². The van der Waals surface area contributed by atoms with E-state index >= 15 is 0 Å². The van der Waals surface area contributed by atoms with Crippen LogP contribution in [0.3, 0.4) is 0 Å². The highest BCUT2D eigenvalue weighted by Gasteiger charge is 2.42. The van der Waals surface area contributed by atoms with Gasteiger partial charge in [-0.3, -0.25) is 9.59 Å². The molecule has 0 radical (unpaired) electrons. The number of hydrogen-bond acceptors (Lipinski definition) is 11. The number of aliphatic carboxylic acids is 1. The number of benzene rings is 6. The first-order valence-electron chi connectivity index (χ1n) is 21.8. The molecule has 1 aromatic heterocycles. The molecule has 6 aromatic carbocycles. The van der Waals surface area contributed by atoms with Crippen molar-refractivity contribution in [2.75, 3.05) is 11.9 Å². The van der Waals surface area contributed by atoms with Crippen molar-refractivity contribution >= 4 is 67.5 Å². The second-order valence-electron chi connectivity index (χ2n) is 16.6. The topological polar surface area (TPSA) is 197 Å². The van der Waals surface area contributed by atoms with Gasteiger partial charge in [-0.1, -0.05) is 89.9 Å². The van der Waals surface area contributed by atoms with Crippen LogP contribution in [0.15, 0.2) is 138 Å². The quantitative estimate of drug-likeness (QED) is 0.0938. The molecular weight excluding hydrogens is 974 g/mol. The number of fused-ring (bicyclic) bond motifs is 2. The third kappa shape index (κ3) is 10.6. The van der Waals surface area contributed by atoms with E-state index in [1.54, 1.807) is 66.0 Å². The van der Waals surface area contributed by atoms with E-state index in [2.05, 4.69) is 21.7 Å². The van der Waals surface area contributed by atoms with E-state index in [4.69, 9.17) is 42.7 Å². The summed E-state index contributed by atoms with van der Waals surface area (Å²) in [4.78, 5) is 43.1. The second kappa shape index (κ2) is 20.4. The summed E-state index contributed by atoms with van der Waals surface area (Å²) in [5.41, 5.74) is 6.87. The maximum atomic E-state index is 14.8. The molecule has 7 aromatic rings. The Labute approximate surface area is 417 Å². The zero-order chi connectivity index (χ0) is 49.1. The SMILES string of the molecule is CC(=O)Nc1nc(-c2ccc(S(=O)(=O)N3Cc4cc5c(cc4CC3C(=O)NC(Cc3ccc(-c4ccc(C#N)cc4)cc3)C(=O)O)OCC(c3ccc(OCc4ccc(Cl)c(Cl)c4)cc3)O5)cc2)cs1. The summed E-state index contributed by atoms with van der Waals surface area (Å²) in [7, 11) is -4.43. The van der Waals surface area contributed by atoms with Crippen molar-refractivity contribution in [3.8, 4) is 45.7 Å². The molecule has 354 valence electrons. The third-order valence-corrected chi connectivity index (χ3v) is 15.2. The van der Waals surface area contributed by atoms with Gasteiger partial charge in [-0.25, -0.2) is 18.2 Å². The molecule has 0 bridgehead atoms. The lowest BCUT2D eigenvalue weighted by molar-refractivity contribution is -0.142. The number of nitrogens with one attached hydrogen (secondary N) is 2. The number of nitriles is 1. The Balaban J connectivity index is 0.957. The van der Waals surface area contributed by atoms with Crippen molar-refractivity contribution in [2.24, 2.45) is 0 Å². The highest BCUT2D eigenvalue weighted by molar-refractivity contribution is 7.89. The molecule has 2 amide bonds. The Kier molecular flexibility index (Phi) is 13.9. The number of carbonyl (C=O) groups excluding carboxylic acids is 2. The molecule has 0 aliphatic carbocycles. The van der Waals surface area contributed by atoms with Gasteiger partial charge in [-0.2, -0.15) is 9.57 Å². The van der Waals surface area contributed by atoms with Gasteiger partial charge in [-0.15, -0.1) is 11.3 Å². The van der Waals surface area contributed by atoms with Crippen LogP contribution in [0.4, 0.5) is 5.13 Å². The number of thiazole rings is 1. The zero-order valence-corrected chi connectivity index (χ0v) is 40.2. The normalized spacial score (nSPS) is 15.7. The molecule has 3 heterocycles. The Morgan fingerprint density at radius 3 is 2.21 bits per heavy atom. The maximum Gasteiger partial charge on any atom is 0.326 e. The summed E-state index contributed by atoms with van der Waals surface area (Å²) in [6.07, 6.45) is -0.693. The van der Waals surface area contributed by atoms with Crippen LogP contribution >= 0.6 is 34.5 Å². The summed E-state index contributed by atoms with van der Waals surface area (Å²) in [6, 6.07) is 35.8. The van der Waals surface area contributed by atoms with E-state index < -0.39 is 40.1 Å². The minimum Gasteiger partial charge on any atom is -0.489 e. The van der Waals surface area contributed by atoms with Crippen LogP contribution in [0.1, 0.15) is 46.4 Å². The summed E-state index contributed by atoms with van der Waals surface area (Å²) in [6.45, 7) is 1.58. The lowest BCUT2D eigenvalue weighted by Crippen LogP contribution is -2.55. The van der Waals surface area contributed by atoms with Crippen LogP contribution in [-0.2, 0) is 50.4 Å². The van der Waals surface area contributed by atoms with Gasteiger partial charge in [0.2, 0.25) is 21.8 Å². The number of hydrogen-bond donors (Lipinski definition) is 3. The summed E-state index contributed by atoms with van der Waals surface area (Å²) in [5, 5.41) is 27.9. The first-order chi connectivity index (χ1) is 33.7. The van der Waals surface area contributed by atoms with Crippen LogP contribution in [0.2, 0.25) is 10.0 Å². The van der Waals surface area contributed by atoms with E-state index in [-0.39, 0.29) is 43.4 Å². The first kappa shape index (κ1) is 47.8. The summed E-state index contributed by atoms with van der Waals surface area (Å²) in [5.74, 6) is -0.938. The van der Waals surface area contributed by atoms with Gasteiger partial charge in [0.1, 0.15) is 31.0 Å². The standard InChI is InChI=1S/C52H41Cl2N5O9S2/c1-30(60)56-52-58-45(29-69-52)36-13-17-41(18-14-36)70(64,65)59-26-39-24-48-47(67-28-49(68-48)37-11-15-40(16-12-37)66-27-33-6-19-42(53)43(54)20-33)23-38(39)22-46(59)50(61)57-44(51(62)63)21-31-2-7-34(8-3-31)35-9-4-32(25-55)5-10-35/h2-20,23-24,29,44,46,49H,21-22,26-28H2,1H3,(H,57,61)(H,62,63)(H,56,58,60). The largest absolute Gasteiger partial charge is 0.489 e. The van der Waals surface area contributed by atoms with E-state index in [1.165, 1.54) is 30.4 Å². The maximum absolute atomic E-state index is 14.8. The molecule has 2 aliphatic rings. The summed E-state index contributed by atoms with van der Waals surface area (Å²) >= 11 is 13.4. The fourth-order valence-electron chi connectivity index (χ4n) is 8.16. The molecule has 3 unspecified atom stereocenters. The highest BCUT2D eigenvalue weighted by atomic mass is 35.5. The lowest BCUT2D eigenvalue weighted by atomic mass is 9.93. The molecule has 0 fully saturated rings. The van der Waals surface area contributed by atoms with E-state index in [1.807, 2.05) is 54.6 Å². The number of halogens is 2. The number of carboxylic acid groups (broad SMARTS) is 1.